The van der Waals surface area contributed by atoms with Crippen LogP contribution < -0.4 is 5.32 Å². The Labute approximate surface area is 188 Å². The lowest BCUT2D eigenvalue weighted by atomic mass is 10.0. The molecule has 0 aliphatic carbocycles. The molecule has 0 atom stereocenters. The molecule has 154 valence electrons. The van der Waals surface area contributed by atoms with Crippen LogP contribution in [0.3, 0.4) is 0 Å². The van der Waals surface area contributed by atoms with Crippen molar-refractivity contribution in [3.05, 3.63) is 84.9 Å². The predicted octanol–water partition coefficient (Wildman–Crippen LogP) is 5.78. The molecule has 0 aliphatic heterocycles. The van der Waals surface area contributed by atoms with Crippen molar-refractivity contribution in [2.45, 2.75) is 0 Å². The molecule has 0 spiro atoms. The molecule has 6 aromatic rings. The number of nitrogens with zero attached hydrogens (tertiary/aromatic N) is 5. The number of fused-ring (bicyclic) bond motifs is 2. The van der Waals surface area contributed by atoms with E-state index in [0.717, 1.165) is 48.9 Å². The van der Waals surface area contributed by atoms with Gasteiger partial charge < -0.3 is 5.32 Å². The number of hydrogen-bond donors (Lipinski definition) is 1. The molecule has 0 amide bonds. The second-order valence-corrected chi connectivity index (χ2v) is 8.31. The Morgan fingerprint density at radius 3 is 2.47 bits per heavy atom. The van der Waals surface area contributed by atoms with Crippen LogP contribution >= 0.6 is 11.3 Å². The summed E-state index contributed by atoms with van der Waals surface area (Å²) in [7, 11) is 1.90. The van der Waals surface area contributed by atoms with Crippen molar-refractivity contribution < 1.29 is 0 Å². The van der Waals surface area contributed by atoms with E-state index in [1.165, 1.54) is 11.3 Å². The summed E-state index contributed by atoms with van der Waals surface area (Å²) < 4.78 is 1.83. The minimum absolute atomic E-state index is 0.717. The number of nitrogens with one attached hydrogen (secondary N) is 1. The molecule has 1 N–H and O–H groups in total. The molecule has 0 saturated heterocycles. The zero-order valence-electron chi connectivity index (χ0n) is 17.2. The van der Waals surface area contributed by atoms with E-state index in [9.17, 15) is 0 Å². The molecule has 0 bridgehead atoms. The van der Waals surface area contributed by atoms with E-state index in [1.54, 1.807) is 0 Å². The van der Waals surface area contributed by atoms with Gasteiger partial charge in [-0.3, -0.25) is 0 Å². The van der Waals surface area contributed by atoms with Gasteiger partial charge in [0.05, 0.1) is 11.2 Å². The molecule has 0 fully saturated rings. The molecule has 0 saturated carbocycles. The maximum Gasteiger partial charge on any atom is 0.235 e. The highest BCUT2D eigenvalue weighted by Crippen LogP contribution is 2.36. The lowest BCUT2D eigenvalue weighted by molar-refractivity contribution is 0.971. The SMILES string of the molecule is CNc1ccccc1-c1nnc2sc(-c3cc(-c4ccccc4)nc4ccccc34)nn12. The number of para-hydroxylation sites is 2. The van der Waals surface area contributed by atoms with Gasteiger partial charge in [0, 0.05) is 34.8 Å². The number of aromatic nitrogens is 5. The molecular formula is C25H18N6S. The van der Waals surface area contributed by atoms with Crippen LogP contribution in [-0.4, -0.2) is 31.8 Å². The van der Waals surface area contributed by atoms with Gasteiger partial charge in [-0.1, -0.05) is 72.0 Å². The number of rotatable bonds is 4. The maximum atomic E-state index is 4.93. The smallest absolute Gasteiger partial charge is 0.235 e. The normalized spacial score (nSPS) is 11.3. The lowest BCUT2D eigenvalue weighted by Gasteiger charge is -2.08. The van der Waals surface area contributed by atoms with E-state index < -0.39 is 0 Å². The molecule has 6 nitrogen and oxygen atoms in total. The minimum Gasteiger partial charge on any atom is -0.388 e. The van der Waals surface area contributed by atoms with Crippen molar-refractivity contribution >= 4 is 32.9 Å². The number of benzene rings is 3. The van der Waals surface area contributed by atoms with Crippen molar-refractivity contribution in [3.63, 3.8) is 0 Å². The maximum absolute atomic E-state index is 4.93. The third-order valence-corrected chi connectivity index (χ3v) is 6.38. The van der Waals surface area contributed by atoms with Crippen LogP contribution in [0.4, 0.5) is 5.69 Å². The van der Waals surface area contributed by atoms with Crippen LogP contribution in [0.2, 0.25) is 0 Å². The summed E-state index contributed by atoms with van der Waals surface area (Å²) in [5.74, 6) is 0.717. The number of pyridine rings is 1. The van der Waals surface area contributed by atoms with Gasteiger partial charge in [0.25, 0.3) is 0 Å². The second kappa shape index (κ2) is 7.55. The van der Waals surface area contributed by atoms with Crippen molar-refractivity contribution in [3.8, 4) is 33.2 Å². The van der Waals surface area contributed by atoms with Gasteiger partial charge >= 0.3 is 0 Å². The zero-order chi connectivity index (χ0) is 21.5. The fourth-order valence-electron chi connectivity index (χ4n) is 3.90. The van der Waals surface area contributed by atoms with Crippen LogP contribution in [0.5, 0.6) is 0 Å². The van der Waals surface area contributed by atoms with Gasteiger partial charge in [-0.2, -0.15) is 9.61 Å². The highest BCUT2D eigenvalue weighted by molar-refractivity contribution is 7.20. The van der Waals surface area contributed by atoms with Gasteiger partial charge in [-0.15, -0.1) is 10.2 Å². The summed E-state index contributed by atoms with van der Waals surface area (Å²) in [6, 6.07) is 28.5. The topological polar surface area (TPSA) is 68.0 Å². The van der Waals surface area contributed by atoms with Gasteiger partial charge in [0.1, 0.15) is 5.01 Å². The Morgan fingerprint density at radius 1 is 0.812 bits per heavy atom. The first-order valence-electron chi connectivity index (χ1n) is 10.3. The Balaban J connectivity index is 1.56. The number of anilines is 1. The Kier molecular flexibility index (Phi) is 4.40. The van der Waals surface area contributed by atoms with Crippen LogP contribution in [0.1, 0.15) is 0 Å². The highest BCUT2D eigenvalue weighted by Gasteiger charge is 2.18. The average molecular weight is 435 g/mol. The summed E-state index contributed by atoms with van der Waals surface area (Å²) in [5, 5.41) is 18.9. The van der Waals surface area contributed by atoms with E-state index in [0.29, 0.717) is 5.82 Å². The standard InChI is InChI=1S/C25H18N6S/c1-26-20-13-7-6-12-18(20)23-28-29-25-31(23)30-24(32-25)19-15-22(16-9-3-2-4-10-16)27-21-14-8-5-11-17(19)21/h2-15,26H,1H3. The zero-order valence-corrected chi connectivity index (χ0v) is 18.0. The van der Waals surface area contributed by atoms with Crippen molar-refractivity contribution in [1.29, 1.82) is 0 Å². The van der Waals surface area contributed by atoms with Gasteiger partial charge in [0.2, 0.25) is 4.96 Å². The second-order valence-electron chi connectivity index (χ2n) is 7.36. The molecule has 6 rings (SSSR count). The molecule has 7 heteroatoms. The van der Waals surface area contributed by atoms with E-state index in [2.05, 4.69) is 39.8 Å². The van der Waals surface area contributed by atoms with E-state index in [4.69, 9.17) is 10.1 Å². The summed E-state index contributed by atoms with van der Waals surface area (Å²) in [6.07, 6.45) is 0. The monoisotopic (exact) mass is 434 g/mol. The van der Waals surface area contributed by atoms with Gasteiger partial charge in [0.15, 0.2) is 5.82 Å². The number of hydrogen-bond acceptors (Lipinski definition) is 6. The largest absolute Gasteiger partial charge is 0.388 e. The van der Waals surface area contributed by atoms with Crippen LogP contribution in [0.15, 0.2) is 84.9 Å². The van der Waals surface area contributed by atoms with E-state index in [-0.39, 0.29) is 0 Å². The molecule has 0 radical (unpaired) electrons. The van der Waals surface area contributed by atoms with Crippen molar-refractivity contribution in [2.24, 2.45) is 0 Å². The molecular weight excluding hydrogens is 416 g/mol. The quantitative estimate of drug-likeness (QED) is 0.381. The highest BCUT2D eigenvalue weighted by atomic mass is 32.1. The first-order chi connectivity index (χ1) is 15.8. The summed E-state index contributed by atoms with van der Waals surface area (Å²) in [6.45, 7) is 0. The lowest BCUT2D eigenvalue weighted by Crippen LogP contribution is -1.96. The van der Waals surface area contributed by atoms with E-state index in [1.807, 2.05) is 72.2 Å². The Morgan fingerprint density at radius 2 is 1.59 bits per heavy atom. The Bertz CT molecular complexity index is 1570. The molecule has 0 aliphatic rings. The van der Waals surface area contributed by atoms with Gasteiger partial charge in [-0.25, -0.2) is 4.98 Å². The first kappa shape index (κ1) is 18.7. The summed E-state index contributed by atoms with van der Waals surface area (Å²) in [4.78, 5) is 5.65. The van der Waals surface area contributed by atoms with Gasteiger partial charge in [-0.05, 0) is 24.3 Å². The van der Waals surface area contributed by atoms with Crippen molar-refractivity contribution in [2.75, 3.05) is 12.4 Å². The van der Waals surface area contributed by atoms with Crippen LogP contribution in [0, 0.1) is 0 Å². The van der Waals surface area contributed by atoms with Crippen molar-refractivity contribution in [1.82, 2.24) is 24.8 Å². The van der Waals surface area contributed by atoms with E-state index >= 15 is 0 Å². The van der Waals surface area contributed by atoms with Crippen LogP contribution in [-0.2, 0) is 0 Å². The molecule has 0 unspecified atom stereocenters. The third kappa shape index (κ3) is 3.02. The van der Waals surface area contributed by atoms with Crippen LogP contribution in [0.25, 0.3) is 49.1 Å². The molecule has 3 heterocycles. The fraction of sp³-hybridized carbons (Fsp3) is 0.0400. The minimum atomic E-state index is 0.717. The third-order valence-electron chi connectivity index (χ3n) is 5.44. The Hall–Kier alpha value is -4.10. The molecule has 3 aromatic carbocycles. The average Bonchev–Trinajstić information content (AvgIpc) is 3.45. The summed E-state index contributed by atoms with van der Waals surface area (Å²) >= 11 is 1.53. The molecule has 32 heavy (non-hydrogen) atoms. The fourth-order valence-corrected chi connectivity index (χ4v) is 4.77. The predicted molar refractivity (Wildman–Crippen MR) is 130 cm³/mol. The first-order valence-corrected chi connectivity index (χ1v) is 11.1. The summed E-state index contributed by atoms with van der Waals surface area (Å²) in [5.41, 5.74) is 5.92. The molecule has 3 aromatic heterocycles.